The summed E-state index contributed by atoms with van der Waals surface area (Å²) in [5.74, 6) is -0.114. The molecule has 2 N–H and O–H groups in total. The largest absolute Gasteiger partial charge is 0.353 e. The van der Waals surface area contributed by atoms with Crippen LogP contribution < -0.4 is 10.6 Å². The standard InChI is InChI=1S/C16H22N2O2/c1-11-6-4-5-7-14(11)16(8-9-16)18-15(20)10-12(2)17-13(3)19/h4-7,12H,8-10H2,1-3H3,(H,17,19)(H,18,20)/t12-/m0/s1. The summed E-state index contributed by atoms with van der Waals surface area (Å²) in [6, 6.07) is 8.03. The summed E-state index contributed by atoms with van der Waals surface area (Å²) in [4.78, 5) is 23.1. The van der Waals surface area contributed by atoms with E-state index in [0.29, 0.717) is 6.42 Å². The van der Waals surface area contributed by atoms with Crippen LogP contribution in [-0.2, 0) is 15.1 Å². The topological polar surface area (TPSA) is 58.2 Å². The Morgan fingerprint density at radius 3 is 2.50 bits per heavy atom. The Balaban J connectivity index is 1.98. The Kier molecular flexibility index (Phi) is 4.12. The van der Waals surface area contributed by atoms with Crippen LogP contribution in [0.1, 0.15) is 44.2 Å². The first-order chi connectivity index (χ1) is 9.43. The Bertz CT molecular complexity index is 521. The molecule has 0 aliphatic heterocycles. The molecule has 1 saturated carbocycles. The SMILES string of the molecule is CC(=O)N[C@@H](C)CC(=O)NC1(c2ccccc2C)CC1. The molecule has 1 atom stereocenters. The van der Waals surface area contributed by atoms with Gasteiger partial charge in [-0.25, -0.2) is 0 Å². The molecule has 1 aliphatic rings. The minimum absolute atomic E-state index is 0.00740. The highest BCUT2D eigenvalue weighted by Crippen LogP contribution is 2.46. The van der Waals surface area contributed by atoms with Gasteiger partial charge in [-0.2, -0.15) is 0 Å². The highest BCUT2D eigenvalue weighted by molar-refractivity contribution is 5.79. The molecule has 4 heteroatoms. The van der Waals surface area contributed by atoms with Gasteiger partial charge in [0.15, 0.2) is 0 Å². The molecule has 2 amide bonds. The maximum Gasteiger partial charge on any atom is 0.222 e. The summed E-state index contributed by atoms with van der Waals surface area (Å²) in [7, 11) is 0. The minimum Gasteiger partial charge on any atom is -0.353 e. The molecule has 108 valence electrons. The summed E-state index contributed by atoms with van der Waals surface area (Å²) in [6.45, 7) is 5.37. The van der Waals surface area contributed by atoms with Gasteiger partial charge in [-0.3, -0.25) is 9.59 Å². The lowest BCUT2D eigenvalue weighted by Crippen LogP contribution is -2.40. The van der Waals surface area contributed by atoms with E-state index in [1.807, 2.05) is 19.1 Å². The van der Waals surface area contributed by atoms with Crippen molar-refractivity contribution >= 4 is 11.8 Å². The van der Waals surface area contributed by atoms with Gasteiger partial charge in [0.25, 0.3) is 0 Å². The van der Waals surface area contributed by atoms with E-state index in [2.05, 4.69) is 29.7 Å². The van der Waals surface area contributed by atoms with Gasteiger partial charge in [-0.15, -0.1) is 0 Å². The number of hydrogen-bond acceptors (Lipinski definition) is 2. The van der Waals surface area contributed by atoms with Crippen molar-refractivity contribution in [2.24, 2.45) is 0 Å². The van der Waals surface area contributed by atoms with Gasteiger partial charge in [0.1, 0.15) is 0 Å². The highest BCUT2D eigenvalue weighted by Gasteiger charge is 2.46. The van der Waals surface area contributed by atoms with E-state index in [1.165, 1.54) is 18.1 Å². The molecular weight excluding hydrogens is 252 g/mol. The number of carbonyl (C=O) groups is 2. The van der Waals surface area contributed by atoms with Gasteiger partial charge < -0.3 is 10.6 Å². The molecule has 4 nitrogen and oxygen atoms in total. The molecule has 0 saturated heterocycles. The van der Waals surface area contributed by atoms with Crippen LogP contribution in [0.4, 0.5) is 0 Å². The van der Waals surface area contributed by atoms with Crippen LogP contribution in [0.25, 0.3) is 0 Å². The highest BCUT2D eigenvalue weighted by atomic mass is 16.2. The molecule has 0 heterocycles. The Morgan fingerprint density at radius 1 is 1.30 bits per heavy atom. The van der Waals surface area contributed by atoms with Crippen molar-refractivity contribution in [2.75, 3.05) is 0 Å². The summed E-state index contributed by atoms with van der Waals surface area (Å²) < 4.78 is 0. The molecular formula is C16H22N2O2. The molecule has 2 rings (SSSR count). The molecule has 0 bridgehead atoms. The maximum absolute atomic E-state index is 12.1. The molecule has 0 radical (unpaired) electrons. The fraction of sp³-hybridized carbons (Fsp3) is 0.500. The van der Waals surface area contributed by atoms with Crippen molar-refractivity contribution in [1.82, 2.24) is 10.6 Å². The Morgan fingerprint density at radius 2 is 1.95 bits per heavy atom. The molecule has 0 spiro atoms. The fourth-order valence-corrected chi connectivity index (χ4v) is 2.69. The average Bonchev–Trinajstić information content (AvgIpc) is 3.08. The zero-order valence-corrected chi connectivity index (χ0v) is 12.3. The second-order valence-corrected chi connectivity index (χ2v) is 5.75. The van der Waals surface area contributed by atoms with Crippen molar-refractivity contribution in [3.05, 3.63) is 35.4 Å². The Labute approximate surface area is 119 Å². The van der Waals surface area contributed by atoms with Crippen LogP contribution in [0.5, 0.6) is 0 Å². The van der Waals surface area contributed by atoms with E-state index in [-0.39, 0.29) is 23.4 Å². The zero-order chi connectivity index (χ0) is 14.8. The lowest BCUT2D eigenvalue weighted by molar-refractivity contribution is -0.123. The number of aryl methyl sites for hydroxylation is 1. The average molecular weight is 274 g/mol. The van der Waals surface area contributed by atoms with Crippen molar-refractivity contribution in [3.63, 3.8) is 0 Å². The van der Waals surface area contributed by atoms with Crippen LogP contribution in [0.15, 0.2) is 24.3 Å². The number of carbonyl (C=O) groups excluding carboxylic acids is 2. The lowest BCUT2D eigenvalue weighted by Gasteiger charge is -2.21. The number of rotatable bonds is 5. The fourth-order valence-electron chi connectivity index (χ4n) is 2.69. The van der Waals surface area contributed by atoms with E-state index in [9.17, 15) is 9.59 Å². The second-order valence-electron chi connectivity index (χ2n) is 5.75. The molecule has 1 aromatic carbocycles. The van der Waals surface area contributed by atoms with Crippen LogP contribution in [-0.4, -0.2) is 17.9 Å². The first kappa shape index (κ1) is 14.6. The molecule has 1 aliphatic carbocycles. The molecule has 1 fully saturated rings. The lowest BCUT2D eigenvalue weighted by atomic mass is 9.99. The van der Waals surface area contributed by atoms with E-state index in [1.54, 1.807) is 0 Å². The predicted molar refractivity (Wildman–Crippen MR) is 78.1 cm³/mol. The smallest absolute Gasteiger partial charge is 0.222 e. The third-order valence-electron chi connectivity index (χ3n) is 3.73. The van der Waals surface area contributed by atoms with Crippen LogP contribution >= 0.6 is 0 Å². The number of benzene rings is 1. The summed E-state index contributed by atoms with van der Waals surface area (Å²) in [5.41, 5.74) is 2.24. The van der Waals surface area contributed by atoms with Gasteiger partial charge >= 0.3 is 0 Å². The number of hydrogen-bond donors (Lipinski definition) is 2. The normalized spacial score (nSPS) is 17.1. The van der Waals surface area contributed by atoms with Crippen LogP contribution in [0.2, 0.25) is 0 Å². The monoisotopic (exact) mass is 274 g/mol. The van der Waals surface area contributed by atoms with Crippen molar-refractivity contribution in [3.8, 4) is 0 Å². The Hall–Kier alpha value is -1.84. The first-order valence-corrected chi connectivity index (χ1v) is 7.07. The summed E-state index contributed by atoms with van der Waals surface area (Å²) >= 11 is 0. The minimum atomic E-state index is -0.182. The number of amides is 2. The van der Waals surface area contributed by atoms with Crippen LogP contribution in [0, 0.1) is 6.92 Å². The molecule has 0 aromatic heterocycles. The van der Waals surface area contributed by atoms with E-state index >= 15 is 0 Å². The third kappa shape index (κ3) is 3.38. The number of nitrogens with one attached hydrogen (secondary N) is 2. The van der Waals surface area contributed by atoms with Gasteiger partial charge in [0.2, 0.25) is 11.8 Å². The van der Waals surface area contributed by atoms with Gasteiger partial charge in [-0.1, -0.05) is 24.3 Å². The van der Waals surface area contributed by atoms with Crippen molar-refractivity contribution in [1.29, 1.82) is 0 Å². The van der Waals surface area contributed by atoms with Gasteiger partial charge in [0.05, 0.1) is 5.54 Å². The molecule has 20 heavy (non-hydrogen) atoms. The maximum atomic E-state index is 12.1. The van der Waals surface area contributed by atoms with E-state index < -0.39 is 0 Å². The molecule has 1 aromatic rings. The van der Waals surface area contributed by atoms with Crippen molar-refractivity contribution < 1.29 is 9.59 Å². The second kappa shape index (κ2) is 5.65. The quantitative estimate of drug-likeness (QED) is 0.863. The van der Waals surface area contributed by atoms with E-state index in [4.69, 9.17) is 0 Å². The molecule has 0 unspecified atom stereocenters. The van der Waals surface area contributed by atoms with Crippen LogP contribution in [0.3, 0.4) is 0 Å². The summed E-state index contributed by atoms with van der Waals surface area (Å²) in [6.07, 6.45) is 2.28. The third-order valence-corrected chi connectivity index (χ3v) is 3.73. The predicted octanol–water partition coefficient (Wildman–Crippen LogP) is 2.02. The summed E-state index contributed by atoms with van der Waals surface area (Å²) in [5, 5.41) is 5.87. The van der Waals surface area contributed by atoms with Crippen molar-refractivity contribution in [2.45, 2.75) is 51.6 Å². The van der Waals surface area contributed by atoms with Gasteiger partial charge in [0, 0.05) is 19.4 Å². The first-order valence-electron chi connectivity index (χ1n) is 7.07. The van der Waals surface area contributed by atoms with E-state index in [0.717, 1.165) is 12.8 Å². The zero-order valence-electron chi connectivity index (χ0n) is 12.3. The van der Waals surface area contributed by atoms with Gasteiger partial charge in [-0.05, 0) is 37.8 Å².